The molecule has 1 aromatic rings. The number of carboxylic acids is 1. The number of carbonyl (C=O) groups excluding carboxylic acids is 2. The Hall–Kier alpha value is -2.49. The van der Waals surface area contributed by atoms with Crippen molar-refractivity contribution in [1.82, 2.24) is 0 Å². The monoisotopic (exact) mass is 256 g/mol. The predicted molar refractivity (Wildman–Crippen MR) is 69.2 cm³/mol. The Morgan fingerprint density at radius 1 is 1.11 bits per heavy atom. The smallest absolute Gasteiger partial charge is 0.331 e. The molecule has 0 saturated carbocycles. The van der Waals surface area contributed by atoms with Crippen molar-refractivity contribution in [2.45, 2.75) is 13.8 Å². The van der Waals surface area contributed by atoms with Crippen LogP contribution < -0.4 is 0 Å². The zero-order chi connectivity index (χ0) is 14.2. The van der Waals surface area contributed by atoms with Gasteiger partial charge in [0, 0.05) is 27.8 Å². The Balaban J connectivity index is 2.61. The minimum atomic E-state index is -1.11. The van der Waals surface area contributed by atoms with Gasteiger partial charge in [0.25, 0.3) is 0 Å². The largest absolute Gasteiger partial charge is 0.478 e. The molecule has 1 aromatic carbocycles. The third-order valence-electron chi connectivity index (χ3n) is 3.10. The summed E-state index contributed by atoms with van der Waals surface area (Å²) in [4.78, 5) is 35.2. The molecule has 0 fully saturated rings. The van der Waals surface area contributed by atoms with E-state index in [9.17, 15) is 14.4 Å². The Morgan fingerprint density at radius 2 is 1.63 bits per heavy atom. The molecule has 0 heterocycles. The molecule has 0 radical (unpaired) electrons. The van der Waals surface area contributed by atoms with Gasteiger partial charge in [0.05, 0.1) is 0 Å². The van der Waals surface area contributed by atoms with E-state index in [0.29, 0.717) is 11.1 Å². The Bertz CT molecular complexity index is 662. The molecule has 19 heavy (non-hydrogen) atoms. The second-order valence-electron chi connectivity index (χ2n) is 4.38. The second kappa shape index (κ2) is 4.65. The van der Waals surface area contributed by atoms with Gasteiger partial charge in [-0.3, -0.25) is 9.59 Å². The summed E-state index contributed by atoms with van der Waals surface area (Å²) in [5.41, 5.74) is 1.15. The molecule has 0 amide bonds. The molecular weight excluding hydrogens is 244 g/mol. The first-order valence-corrected chi connectivity index (χ1v) is 5.74. The van der Waals surface area contributed by atoms with Crippen molar-refractivity contribution >= 4 is 17.5 Å². The van der Waals surface area contributed by atoms with Gasteiger partial charge in [-0.1, -0.05) is 24.3 Å². The first-order valence-electron chi connectivity index (χ1n) is 5.74. The fourth-order valence-corrected chi connectivity index (χ4v) is 1.97. The highest BCUT2D eigenvalue weighted by atomic mass is 16.4. The van der Waals surface area contributed by atoms with Crippen LogP contribution in [0.2, 0.25) is 0 Å². The van der Waals surface area contributed by atoms with Crippen LogP contribution in [0, 0.1) is 0 Å². The molecule has 1 aliphatic rings. The predicted octanol–water partition coefficient (Wildman–Crippen LogP) is 2.41. The first kappa shape index (κ1) is 13.0. The number of carbonyl (C=O) groups is 3. The average molecular weight is 256 g/mol. The highest BCUT2D eigenvalue weighted by Gasteiger charge is 2.28. The number of carboxylic acid groups (broad SMARTS) is 1. The number of fused-ring (bicyclic) bond motifs is 1. The Kier molecular flexibility index (Phi) is 3.17. The van der Waals surface area contributed by atoms with Gasteiger partial charge in [0.15, 0.2) is 11.6 Å². The zero-order valence-corrected chi connectivity index (χ0v) is 10.6. The average Bonchev–Trinajstić information content (AvgIpc) is 2.40. The van der Waals surface area contributed by atoms with E-state index in [1.807, 2.05) is 0 Å². The van der Waals surface area contributed by atoms with Crippen molar-refractivity contribution in [2.75, 3.05) is 0 Å². The second-order valence-corrected chi connectivity index (χ2v) is 4.38. The van der Waals surface area contributed by atoms with E-state index in [0.717, 1.165) is 0 Å². The maximum absolute atomic E-state index is 12.3. The van der Waals surface area contributed by atoms with E-state index in [-0.39, 0.29) is 28.3 Å². The molecule has 4 nitrogen and oxygen atoms in total. The number of hydrogen-bond donors (Lipinski definition) is 1. The molecule has 1 N–H and O–H groups in total. The maximum atomic E-state index is 12.3. The summed E-state index contributed by atoms with van der Waals surface area (Å²) in [6.45, 7) is 2.93. The fourth-order valence-electron chi connectivity index (χ4n) is 1.97. The van der Waals surface area contributed by atoms with Crippen LogP contribution in [0.5, 0.6) is 0 Å². The number of benzene rings is 1. The number of ketones is 2. The van der Waals surface area contributed by atoms with Gasteiger partial charge >= 0.3 is 5.97 Å². The van der Waals surface area contributed by atoms with Crippen molar-refractivity contribution in [3.05, 3.63) is 58.2 Å². The molecule has 96 valence electrons. The SMILES string of the molecule is CC1=C(/C=C(\C)C(=O)O)C(=O)c2ccccc2C1=O. The normalized spacial score (nSPS) is 15.6. The van der Waals surface area contributed by atoms with Gasteiger partial charge in [0.1, 0.15) is 0 Å². The van der Waals surface area contributed by atoms with E-state index in [1.54, 1.807) is 24.3 Å². The minimum absolute atomic E-state index is 0.0230. The molecule has 2 rings (SSSR count). The topological polar surface area (TPSA) is 71.4 Å². The van der Waals surface area contributed by atoms with E-state index in [1.165, 1.54) is 19.9 Å². The highest BCUT2D eigenvalue weighted by Crippen LogP contribution is 2.27. The zero-order valence-electron chi connectivity index (χ0n) is 10.6. The Morgan fingerprint density at radius 3 is 2.16 bits per heavy atom. The summed E-state index contributed by atoms with van der Waals surface area (Å²) in [5, 5.41) is 8.86. The summed E-state index contributed by atoms with van der Waals surface area (Å²) in [5.74, 6) is -1.66. The lowest BCUT2D eigenvalue weighted by Crippen LogP contribution is -2.20. The van der Waals surface area contributed by atoms with Crippen molar-refractivity contribution in [1.29, 1.82) is 0 Å². The summed E-state index contributed by atoms with van der Waals surface area (Å²) in [6.07, 6.45) is 1.26. The van der Waals surface area contributed by atoms with Crippen LogP contribution >= 0.6 is 0 Å². The quantitative estimate of drug-likeness (QED) is 0.825. The van der Waals surface area contributed by atoms with Gasteiger partial charge in [-0.2, -0.15) is 0 Å². The fraction of sp³-hybridized carbons (Fsp3) is 0.133. The summed E-state index contributed by atoms with van der Waals surface area (Å²) in [7, 11) is 0. The van der Waals surface area contributed by atoms with Crippen LogP contribution in [0.4, 0.5) is 0 Å². The number of allylic oxidation sites excluding steroid dienone is 3. The molecule has 0 aliphatic heterocycles. The molecule has 0 atom stereocenters. The lowest BCUT2D eigenvalue weighted by Gasteiger charge is -2.17. The van der Waals surface area contributed by atoms with Crippen LogP contribution in [0.15, 0.2) is 47.1 Å². The molecule has 0 saturated heterocycles. The van der Waals surface area contributed by atoms with Crippen LogP contribution in [0.25, 0.3) is 0 Å². The van der Waals surface area contributed by atoms with Crippen molar-refractivity contribution < 1.29 is 19.5 Å². The van der Waals surface area contributed by atoms with Gasteiger partial charge in [-0.05, 0) is 19.9 Å². The van der Waals surface area contributed by atoms with Gasteiger partial charge in [0.2, 0.25) is 0 Å². The summed E-state index contributed by atoms with van der Waals surface area (Å²) >= 11 is 0. The molecular formula is C15H12O4. The van der Waals surface area contributed by atoms with Gasteiger partial charge < -0.3 is 5.11 Å². The maximum Gasteiger partial charge on any atom is 0.331 e. The molecule has 0 aromatic heterocycles. The first-order chi connectivity index (χ1) is 8.93. The van der Waals surface area contributed by atoms with Crippen molar-refractivity contribution in [3.8, 4) is 0 Å². The number of rotatable bonds is 2. The minimum Gasteiger partial charge on any atom is -0.478 e. The standard InChI is InChI=1S/C15H12O4/c1-8(15(18)19)7-12-9(2)13(16)10-5-3-4-6-11(10)14(12)17/h3-7H,1-2H3,(H,18,19)/b8-7+. The number of Topliss-reactive ketones (excluding diaryl/α,β-unsaturated/α-hetero) is 2. The third-order valence-corrected chi connectivity index (χ3v) is 3.10. The van der Waals surface area contributed by atoms with E-state index in [2.05, 4.69) is 0 Å². The molecule has 1 aliphatic carbocycles. The molecule has 0 spiro atoms. The Labute approximate surface area is 110 Å². The number of aliphatic carboxylic acids is 1. The van der Waals surface area contributed by atoms with Gasteiger partial charge in [-0.25, -0.2) is 4.79 Å². The van der Waals surface area contributed by atoms with E-state index in [4.69, 9.17) is 5.11 Å². The van der Waals surface area contributed by atoms with Crippen LogP contribution in [0.3, 0.4) is 0 Å². The molecule has 4 heteroatoms. The molecule has 0 unspecified atom stereocenters. The number of hydrogen-bond acceptors (Lipinski definition) is 3. The summed E-state index contributed by atoms with van der Waals surface area (Å²) < 4.78 is 0. The third kappa shape index (κ3) is 2.12. The van der Waals surface area contributed by atoms with Crippen molar-refractivity contribution in [3.63, 3.8) is 0 Å². The molecule has 0 bridgehead atoms. The van der Waals surface area contributed by atoms with Gasteiger partial charge in [-0.15, -0.1) is 0 Å². The lowest BCUT2D eigenvalue weighted by molar-refractivity contribution is -0.132. The van der Waals surface area contributed by atoms with Crippen molar-refractivity contribution in [2.24, 2.45) is 0 Å². The lowest BCUT2D eigenvalue weighted by atomic mass is 9.84. The van der Waals surface area contributed by atoms with Crippen LogP contribution in [-0.4, -0.2) is 22.6 Å². The summed E-state index contributed by atoms with van der Waals surface area (Å²) in [6, 6.07) is 6.55. The van der Waals surface area contributed by atoms with E-state index >= 15 is 0 Å². The van der Waals surface area contributed by atoms with E-state index < -0.39 is 5.97 Å². The van der Waals surface area contributed by atoms with Crippen LogP contribution in [0.1, 0.15) is 34.6 Å². The highest BCUT2D eigenvalue weighted by molar-refractivity contribution is 6.27. The van der Waals surface area contributed by atoms with Crippen LogP contribution in [-0.2, 0) is 4.79 Å².